The standard InChI is InChI=1S/C11H12O4/c12-7-3-4-10(13)9(6-7)8-2-1-5-15-11(8)14/h3-4,6,8,12-13H,1-2,5H2/t8-/m0/s1. The number of rotatable bonds is 1. The molecule has 15 heavy (non-hydrogen) atoms. The number of carbonyl (C=O) groups is 1. The van der Waals surface area contributed by atoms with Crippen LogP contribution in [0.5, 0.6) is 11.5 Å². The van der Waals surface area contributed by atoms with Gasteiger partial charge in [-0.3, -0.25) is 4.79 Å². The van der Waals surface area contributed by atoms with Crippen LogP contribution >= 0.6 is 0 Å². The van der Waals surface area contributed by atoms with Crippen molar-refractivity contribution in [1.82, 2.24) is 0 Å². The van der Waals surface area contributed by atoms with E-state index in [4.69, 9.17) is 4.74 Å². The molecule has 1 fully saturated rings. The Bertz CT molecular complexity index is 386. The fourth-order valence-electron chi connectivity index (χ4n) is 1.78. The van der Waals surface area contributed by atoms with Crippen molar-refractivity contribution < 1.29 is 19.7 Å². The second kappa shape index (κ2) is 3.81. The zero-order valence-corrected chi connectivity index (χ0v) is 8.14. The van der Waals surface area contributed by atoms with E-state index in [9.17, 15) is 15.0 Å². The summed E-state index contributed by atoms with van der Waals surface area (Å²) in [6.07, 6.45) is 1.43. The van der Waals surface area contributed by atoms with Crippen LogP contribution in [-0.2, 0) is 9.53 Å². The molecule has 1 aromatic rings. The largest absolute Gasteiger partial charge is 0.508 e. The highest BCUT2D eigenvalue weighted by Crippen LogP contribution is 2.34. The zero-order valence-electron chi connectivity index (χ0n) is 8.14. The van der Waals surface area contributed by atoms with Gasteiger partial charge in [-0.1, -0.05) is 0 Å². The third-order valence-electron chi connectivity index (χ3n) is 2.55. The Hall–Kier alpha value is -1.71. The molecule has 1 aromatic carbocycles. The summed E-state index contributed by atoms with van der Waals surface area (Å²) in [7, 11) is 0. The summed E-state index contributed by atoms with van der Waals surface area (Å²) in [5.74, 6) is -0.717. The molecule has 0 saturated carbocycles. The van der Waals surface area contributed by atoms with Crippen LogP contribution < -0.4 is 0 Å². The van der Waals surface area contributed by atoms with E-state index in [0.717, 1.165) is 6.42 Å². The number of hydrogen-bond donors (Lipinski definition) is 2. The molecule has 0 radical (unpaired) electrons. The van der Waals surface area contributed by atoms with Crippen LogP contribution in [0.3, 0.4) is 0 Å². The molecule has 0 spiro atoms. The van der Waals surface area contributed by atoms with Crippen LogP contribution in [0.2, 0.25) is 0 Å². The number of benzene rings is 1. The summed E-state index contributed by atoms with van der Waals surface area (Å²) in [5, 5.41) is 18.9. The molecule has 1 heterocycles. The maximum absolute atomic E-state index is 11.4. The normalized spacial score (nSPS) is 21.1. The Morgan fingerprint density at radius 2 is 2.13 bits per heavy atom. The van der Waals surface area contributed by atoms with Crippen molar-refractivity contribution in [3.8, 4) is 11.5 Å². The topological polar surface area (TPSA) is 66.8 Å². The Kier molecular flexibility index (Phi) is 2.49. The van der Waals surface area contributed by atoms with Gasteiger partial charge in [0.05, 0.1) is 12.5 Å². The molecule has 1 aliphatic rings. The summed E-state index contributed by atoms with van der Waals surface area (Å²) >= 11 is 0. The molecular formula is C11H12O4. The van der Waals surface area contributed by atoms with E-state index in [-0.39, 0.29) is 17.5 Å². The lowest BCUT2D eigenvalue weighted by atomic mass is 9.92. The monoisotopic (exact) mass is 208 g/mol. The van der Waals surface area contributed by atoms with Gasteiger partial charge >= 0.3 is 5.97 Å². The lowest BCUT2D eigenvalue weighted by molar-refractivity contribution is -0.149. The maximum atomic E-state index is 11.4. The molecular weight excluding hydrogens is 196 g/mol. The van der Waals surface area contributed by atoms with Gasteiger partial charge in [-0.15, -0.1) is 0 Å². The first-order chi connectivity index (χ1) is 7.18. The molecule has 4 nitrogen and oxygen atoms in total. The van der Waals surface area contributed by atoms with Crippen molar-refractivity contribution >= 4 is 5.97 Å². The zero-order chi connectivity index (χ0) is 10.8. The molecule has 1 saturated heterocycles. The van der Waals surface area contributed by atoms with E-state index in [2.05, 4.69) is 0 Å². The number of phenols is 2. The van der Waals surface area contributed by atoms with Crippen LogP contribution in [0, 0.1) is 0 Å². The van der Waals surface area contributed by atoms with E-state index >= 15 is 0 Å². The Labute approximate surface area is 87.1 Å². The average Bonchev–Trinajstić information content (AvgIpc) is 2.23. The van der Waals surface area contributed by atoms with Crippen molar-refractivity contribution in [3.63, 3.8) is 0 Å². The first-order valence-corrected chi connectivity index (χ1v) is 4.87. The van der Waals surface area contributed by atoms with Gasteiger partial charge in [0.1, 0.15) is 11.5 Å². The number of ether oxygens (including phenoxy) is 1. The van der Waals surface area contributed by atoms with Crippen LogP contribution in [0.25, 0.3) is 0 Å². The van der Waals surface area contributed by atoms with Crippen molar-refractivity contribution in [1.29, 1.82) is 0 Å². The predicted molar refractivity (Wildman–Crippen MR) is 52.7 cm³/mol. The van der Waals surface area contributed by atoms with Crippen molar-refractivity contribution in [2.75, 3.05) is 6.61 Å². The third kappa shape index (κ3) is 1.88. The number of hydrogen-bond acceptors (Lipinski definition) is 4. The summed E-state index contributed by atoms with van der Waals surface area (Å²) in [5.41, 5.74) is 0.444. The quantitative estimate of drug-likeness (QED) is 0.542. The summed E-state index contributed by atoms with van der Waals surface area (Å²) < 4.78 is 4.91. The minimum Gasteiger partial charge on any atom is -0.508 e. The molecule has 1 atom stereocenters. The van der Waals surface area contributed by atoms with Gasteiger partial charge in [0.15, 0.2) is 0 Å². The Morgan fingerprint density at radius 3 is 2.87 bits per heavy atom. The summed E-state index contributed by atoms with van der Waals surface area (Å²) in [6.45, 7) is 0.439. The highest BCUT2D eigenvalue weighted by Gasteiger charge is 2.28. The van der Waals surface area contributed by atoms with E-state index in [1.165, 1.54) is 18.2 Å². The van der Waals surface area contributed by atoms with E-state index in [1.54, 1.807) is 0 Å². The number of phenolic OH excluding ortho intramolecular Hbond substituents is 2. The molecule has 0 amide bonds. The SMILES string of the molecule is O=C1OCCC[C@H]1c1cc(O)ccc1O. The average molecular weight is 208 g/mol. The summed E-state index contributed by atoms with van der Waals surface area (Å²) in [4.78, 5) is 11.4. The number of carbonyl (C=O) groups excluding carboxylic acids is 1. The van der Waals surface area contributed by atoms with Gasteiger partial charge in [0.2, 0.25) is 0 Å². The molecule has 2 N–H and O–H groups in total. The number of aromatic hydroxyl groups is 2. The lowest BCUT2D eigenvalue weighted by Crippen LogP contribution is -2.22. The maximum Gasteiger partial charge on any atom is 0.313 e. The van der Waals surface area contributed by atoms with Crippen molar-refractivity contribution in [3.05, 3.63) is 23.8 Å². The fourth-order valence-corrected chi connectivity index (χ4v) is 1.78. The first kappa shape index (κ1) is 9.83. The molecule has 0 aromatic heterocycles. The van der Waals surface area contributed by atoms with E-state index in [1.807, 2.05) is 0 Å². The lowest BCUT2D eigenvalue weighted by Gasteiger charge is -2.21. The predicted octanol–water partition coefficient (Wildman–Crippen LogP) is 1.52. The molecule has 1 aliphatic heterocycles. The van der Waals surface area contributed by atoms with Gasteiger partial charge in [-0.25, -0.2) is 0 Å². The second-order valence-corrected chi connectivity index (χ2v) is 3.61. The van der Waals surface area contributed by atoms with Gasteiger partial charge in [-0.2, -0.15) is 0 Å². The van der Waals surface area contributed by atoms with E-state index < -0.39 is 5.92 Å². The van der Waals surface area contributed by atoms with Gasteiger partial charge in [0, 0.05) is 5.56 Å². The second-order valence-electron chi connectivity index (χ2n) is 3.61. The molecule has 0 aliphatic carbocycles. The van der Waals surface area contributed by atoms with Crippen LogP contribution in [0.1, 0.15) is 24.3 Å². The smallest absolute Gasteiger partial charge is 0.313 e. The van der Waals surface area contributed by atoms with Gasteiger partial charge in [0.25, 0.3) is 0 Å². The molecule has 80 valence electrons. The van der Waals surface area contributed by atoms with Crippen molar-refractivity contribution in [2.24, 2.45) is 0 Å². The molecule has 2 rings (SSSR count). The molecule has 0 unspecified atom stereocenters. The van der Waals surface area contributed by atoms with Crippen LogP contribution in [0.4, 0.5) is 0 Å². The van der Waals surface area contributed by atoms with Crippen molar-refractivity contribution in [2.45, 2.75) is 18.8 Å². The Balaban J connectivity index is 2.34. The minimum atomic E-state index is -0.453. The van der Waals surface area contributed by atoms with Crippen LogP contribution in [-0.4, -0.2) is 22.8 Å². The first-order valence-electron chi connectivity index (χ1n) is 4.87. The molecule has 4 heteroatoms. The van der Waals surface area contributed by atoms with E-state index in [0.29, 0.717) is 18.6 Å². The highest BCUT2D eigenvalue weighted by atomic mass is 16.5. The molecule has 0 bridgehead atoms. The van der Waals surface area contributed by atoms with Gasteiger partial charge < -0.3 is 14.9 Å². The number of cyclic esters (lactones) is 1. The summed E-state index contributed by atoms with van der Waals surface area (Å²) in [6, 6.07) is 4.17. The minimum absolute atomic E-state index is 0.0247. The Morgan fingerprint density at radius 1 is 1.33 bits per heavy atom. The van der Waals surface area contributed by atoms with Gasteiger partial charge in [-0.05, 0) is 31.0 Å². The highest BCUT2D eigenvalue weighted by molar-refractivity contribution is 5.79. The fraction of sp³-hybridized carbons (Fsp3) is 0.364. The van der Waals surface area contributed by atoms with Crippen LogP contribution in [0.15, 0.2) is 18.2 Å². The third-order valence-corrected chi connectivity index (χ3v) is 2.55. The number of esters is 1.